The van der Waals surface area contributed by atoms with Crippen molar-refractivity contribution in [1.29, 1.82) is 0 Å². The smallest absolute Gasteiger partial charge is 0.326 e. The number of aliphatic carboxylic acids is 1. The van der Waals surface area contributed by atoms with Gasteiger partial charge in [-0.1, -0.05) is 30.3 Å². The highest BCUT2D eigenvalue weighted by Gasteiger charge is 2.20. The van der Waals surface area contributed by atoms with Gasteiger partial charge in [0.2, 0.25) is 11.8 Å². The Morgan fingerprint density at radius 1 is 1.12 bits per heavy atom. The number of carbonyl (C=O) groups excluding carboxylic acids is 2. The van der Waals surface area contributed by atoms with Gasteiger partial charge in [0.05, 0.1) is 12.8 Å². The Bertz CT molecular complexity index is 738. The van der Waals surface area contributed by atoms with Crippen molar-refractivity contribution >= 4 is 23.9 Å². The Hall–Kier alpha value is -3.35. The van der Waals surface area contributed by atoms with Crippen LogP contribution < -0.4 is 10.6 Å². The molecule has 1 heterocycles. The maximum atomic E-state index is 11.9. The largest absolute Gasteiger partial charge is 0.480 e. The van der Waals surface area contributed by atoms with Crippen LogP contribution in [0.25, 0.3) is 6.08 Å². The average molecular weight is 342 g/mol. The molecule has 7 nitrogen and oxygen atoms in total. The summed E-state index contributed by atoms with van der Waals surface area (Å²) in [6.07, 6.45) is 4.32. The van der Waals surface area contributed by atoms with Crippen LogP contribution >= 0.6 is 0 Å². The molecule has 1 aromatic heterocycles. The molecule has 2 aromatic rings. The molecule has 0 saturated heterocycles. The fraction of sp³-hybridized carbons (Fsp3) is 0.167. The van der Waals surface area contributed by atoms with Crippen LogP contribution in [0.1, 0.15) is 11.3 Å². The van der Waals surface area contributed by atoms with Crippen LogP contribution in [-0.2, 0) is 20.8 Å². The zero-order valence-corrected chi connectivity index (χ0v) is 13.3. The van der Waals surface area contributed by atoms with E-state index in [1.807, 2.05) is 6.07 Å². The van der Waals surface area contributed by atoms with E-state index in [1.54, 1.807) is 36.4 Å². The lowest BCUT2D eigenvalue weighted by Gasteiger charge is -2.14. The van der Waals surface area contributed by atoms with E-state index in [0.717, 1.165) is 5.56 Å². The molecule has 0 fully saturated rings. The molecule has 1 atom stereocenters. The number of benzene rings is 1. The van der Waals surface area contributed by atoms with Gasteiger partial charge in [-0.25, -0.2) is 4.79 Å². The third-order valence-electron chi connectivity index (χ3n) is 3.28. The van der Waals surface area contributed by atoms with Crippen LogP contribution in [0.15, 0.2) is 59.2 Å². The second kappa shape index (κ2) is 9.07. The van der Waals surface area contributed by atoms with Gasteiger partial charge in [0.25, 0.3) is 0 Å². The van der Waals surface area contributed by atoms with Crippen LogP contribution in [0.2, 0.25) is 0 Å². The lowest BCUT2D eigenvalue weighted by atomic mass is 10.1. The number of furan rings is 1. The first-order valence-corrected chi connectivity index (χ1v) is 7.60. The standard InChI is InChI=1S/C18H18N2O5/c21-16(9-8-14-7-4-10-25-14)19-12-17(22)20-15(18(23)24)11-13-5-2-1-3-6-13/h1-10,15H,11-12H2,(H,19,21)(H,20,22)(H,23,24). The van der Waals surface area contributed by atoms with E-state index in [2.05, 4.69) is 10.6 Å². The fourth-order valence-corrected chi connectivity index (χ4v) is 2.07. The third kappa shape index (κ3) is 6.34. The molecule has 7 heteroatoms. The average Bonchev–Trinajstić information content (AvgIpc) is 3.12. The van der Waals surface area contributed by atoms with Crippen molar-refractivity contribution in [1.82, 2.24) is 10.6 Å². The number of amides is 2. The van der Waals surface area contributed by atoms with Crippen LogP contribution in [0.5, 0.6) is 0 Å². The van der Waals surface area contributed by atoms with Crippen LogP contribution in [-0.4, -0.2) is 35.5 Å². The number of hydrogen-bond acceptors (Lipinski definition) is 4. The second-order valence-electron chi connectivity index (χ2n) is 5.21. The van der Waals surface area contributed by atoms with Crippen molar-refractivity contribution in [3.8, 4) is 0 Å². The molecule has 1 aromatic carbocycles. The van der Waals surface area contributed by atoms with Gasteiger partial charge in [-0.05, 0) is 23.8 Å². The summed E-state index contributed by atoms with van der Waals surface area (Å²) in [5.74, 6) is -1.70. The maximum Gasteiger partial charge on any atom is 0.326 e. The van der Waals surface area contributed by atoms with Crippen LogP contribution in [0.3, 0.4) is 0 Å². The van der Waals surface area contributed by atoms with E-state index in [9.17, 15) is 19.5 Å². The molecular weight excluding hydrogens is 324 g/mol. The Balaban J connectivity index is 1.80. The van der Waals surface area contributed by atoms with Gasteiger partial charge < -0.3 is 20.2 Å². The second-order valence-corrected chi connectivity index (χ2v) is 5.21. The van der Waals surface area contributed by atoms with Crippen molar-refractivity contribution in [3.63, 3.8) is 0 Å². The number of carboxylic acids is 1. The Morgan fingerprint density at radius 2 is 1.88 bits per heavy atom. The monoisotopic (exact) mass is 342 g/mol. The molecule has 0 aliphatic heterocycles. The summed E-state index contributed by atoms with van der Waals surface area (Å²) >= 11 is 0. The minimum absolute atomic E-state index is 0.161. The summed E-state index contributed by atoms with van der Waals surface area (Å²) in [4.78, 5) is 34.8. The molecule has 0 spiro atoms. The topological polar surface area (TPSA) is 109 Å². The number of hydrogen-bond donors (Lipinski definition) is 3. The normalized spacial score (nSPS) is 11.8. The third-order valence-corrected chi connectivity index (χ3v) is 3.28. The quantitative estimate of drug-likeness (QED) is 0.625. The highest BCUT2D eigenvalue weighted by molar-refractivity contribution is 5.94. The van der Waals surface area contributed by atoms with Gasteiger partial charge in [-0.15, -0.1) is 0 Å². The number of carboxylic acid groups (broad SMARTS) is 1. The predicted octanol–water partition coefficient (Wildman–Crippen LogP) is 1.22. The van der Waals surface area contributed by atoms with Crippen molar-refractivity contribution in [2.75, 3.05) is 6.54 Å². The summed E-state index contributed by atoms with van der Waals surface area (Å²) in [6.45, 7) is -0.320. The van der Waals surface area contributed by atoms with Gasteiger partial charge in [-0.2, -0.15) is 0 Å². The first-order valence-electron chi connectivity index (χ1n) is 7.60. The number of rotatable bonds is 8. The van der Waals surface area contributed by atoms with E-state index >= 15 is 0 Å². The maximum absolute atomic E-state index is 11.9. The fourth-order valence-electron chi connectivity index (χ4n) is 2.07. The summed E-state index contributed by atoms with van der Waals surface area (Å²) in [5, 5.41) is 14.0. The van der Waals surface area contributed by atoms with E-state index in [-0.39, 0.29) is 13.0 Å². The Kier molecular flexibility index (Phi) is 6.53. The number of carbonyl (C=O) groups is 3. The van der Waals surface area contributed by atoms with E-state index in [4.69, 9.17) is 4.42 Å². The van der Waals surface area contributed by atoms with Crippen molar-refractivity contribution in [2.45, 2.75) is 12.5 Å². The van der Waals surface area contributed by atoms with Crippen LogP contribution in [0, 0.1) is 0 Å². The molecular formula is C18H18N2O5. The molecule has 3 N–H and O–H groups in total. The molecule has 0 bridgehead atoms. The molecule has 0 saturated carbocycles. The lowest BCUT2D eigenvalue weighted by molar-refractivity contribution is -0.141. The first kappa shape index (κ1) is 18.0. The van der Waals surface area contributed by atoms with Crippen molar-refractivity contribution in [3.05, 3.63) is 66.1 Å². The highest BCUT2D eigenvalue weighted by atomic mass is 16.4. The van der Waals surface area contributed by atoms with Gasteiger partial charge in [0.1, 0.15) is 11.8 Å². The van der Waals surface area contributed by atoms with Gasteiger partial charge >= 0.3 is 5.97 Å². The Labute approximate surface area is 144 Å². The molecule has 1 unspecified atom stereocenters. The van der Waals surface area contributed by atoms with Crippen LogP contribution in [0.4, 0.5) is 0 Å². The van der Waals surface area contributed by atoms with Crippen molar-refractivity contribution < 1.29 is 23.9 Å². The molecule has 0 aliphatic carbocycles. The molecule has 2 amide bonds. The zero-order chi connectivity index (χ0) is 18.1. The summed E-state index contributed by atoms with van der Waals surface area (Å²) < 4.78 is 5.03. The summed E-state index contributed by atoms with van der Waals surface area (Å²) in [7, 11) is 0. The van der Waals surface area contributed by atoms with Gasteiger partial charge in [0.15, 0.2) is 0 Å². The van der Waals surface area contributed by atoms with E-state index in [0.29, 0.717) is 5.76 Å². The molecule has 25 heavy (non-hydrogen) atoms. The minimum atomic E-state index is -1.14. The minimum Gasteiger partial charge on any atom is -0.480 e. The number of nitrogens with one attached hydrogen (secondary N) is 2. The molecule has 2 rings (SSSR count). The predicted molar refractivity (Wildman–Crippen MR) is 90.5 cm³/mol. The highest BCUT2D eigenvalue weighted by Crippen LogP contribution is 2.04. The molecule has 130 valence electrons. The summed E-state index contributed by atoms with van der Waals surface area (Å²) in [5.41, 5.74) is 0.792. The Morgan fingerprint density at radius 3 is 2.52 bits per heavy atom. The lowest BCUT2D eigenvalue weighted by Crippen LogP contribution is -2.46. The van der Waals surface area contributed by atoms with Crippen molar-refractivity contribution in [2.24, 2.45) is 0 Å². The van der Waals surface area contributed by atoms with Gasteiger partial charge in [-0.3, -0.25) is 9.59 Å². The van der Waals surface area contributed by atoms with E-state index in [1.165, 1.54) is 18.4 Å². The molecule has 0 radical (unpaired) electrons. The van der Waals surface area contributed by atoms with E-state index < -0.39 is 23.8 Å². The summed E-state index contributed by atoms with van der Waals surface area (Å²) in [6, 6.07) is 11.3. The zero-order valence-electron chi connectivity index (χ0n) is 13.3. The SMILES string of the molecule is O=C(C=Cc1ccco1)NCC(=O)NC(Cc1ccccc1)C(=O)O. The van der Waals surface area contributed by atoms with Gasteiger partial charge in [0, 0.05) is 12.5 Å². The first-order chi connectivity index (χ1) is 12.0. The molecule has 0 aliphatic rings.